The molecule has 2 aliphatic heterocycles. The summed E-state index contributed by atoms with van der Waals surface area (Å²) >= 11 is 8.10. The van der Waals surface area contributed by atoms with E-state index in [-0.39, 0.29) is 22.8 Å². The molecule has 132 valence electrons. The first kappa shape index (κ1) is 16.9. The Kier molecular flexibility index (Phi) is 4.52. The van der Waals surface area contributed by atoms with Gasteiger partial charge >= 0.3 is 0 Å². The summed E-state index contributed by atoms with van der Waals surface area (Å²) in [4.78, 5) is 19.1. The predicted molar refractivity (Wildman–Crippen MR) is 98.9 cm³/mol. The number of fused-ring (bicyclic) bond motifs is 1. The van der Waals surface area contributed by atoms with E-state index in [2.05, 4.69) is 4.98 Å². The van der Waals surface area contributed by atoms with Crippen LogP contribution in [0.3, 0.4) is 0 Å². The minimum atomic E-state index is -0.169. The fourth-order valence-electron chi connectivity index (χ4n) is 3.38. The molecule has 2 aliphatic rings. The van der Waals surface area contributed by atoms with E-state index in [1.165, 1.54) is 0 Å². The standard InChI is InChI=1S/C18H19ClN2O3S/c1-10-17(22)21(15-4-3-7-24-15)18(25-10)13-8-11-5-6-12(23-2)9-14(11)20-16(13)19/h5-6,8-10,15,18H,3-4,7H2,1-2H3/t10-,15+,18-/m0/s1. The van der Waals surface area contributed by atoms with E-state index in [9.17, 15) is 4.79 Å². The fourth-order valence-corrected chi connectivity index (χ4v) is 5.01. The van der Waals surface area contributed by atoms with Crippen LogP contribution in [-0.4, -0.2) is 41.0 Å². The van der Waals surface area contributed by atoms with Gasteiger partial charge in [0.2, 0.25) is 5.91 Å². The van der Waals surface area contributed by atoms with Crippen molar-refractivity contribution >= 4 is 40.2 Å². The van der Waals surface area contributed by atoms with Gasteiger partial charge in [-0.15, -0.1) is 11.8 Å². The Balaban J connectivity index is 1.76. The summed E-state index contributed by atoms with van der Waals surface area (Å²) in [6, 6.07) is 7.74. The van der Waals surface area contributed by atoms with Crippen LogP contribution in [0, 0.1) is 0 Å². The van der Waals surface area contributed by atoms with Crippen molar-refractivity contribution < 1.29 is 14.3 Å². The van der Waals surface area contributed by atoms with Gasteiger partial charge < -0.3 is 9.47 Å². The molecule has 7 heteroatoms. The second-order valence-electron chi connectivity index (χ2n) is 6.27. The average Bonchev–Trinajstić information content (AvgIpc) is 3.22. The molecule has 25 heavy (non-hydrogen) atoms. The van der Waals surface area contributed by atoms with Crippen molar-refractivity contribution in [1.29, 1.82) is 0 Å². The molecular weight excluding hydrogens is 360 g/mol. The molecule has 2 aromatic rings. The smallest absolute Gasteiger partial charge is 0.238 e. The molecule has 1 aromatic carbocycles. The Morgan fingerprint density at radius 2 is 2.24 bits per heavy atom. The second kappa shape index (κ2) is 6.67. The first-order chi connectivity index (χ1) is 12.1. The maximum Gasteiger partial charge on any atom is 0.238 e. The summed E-state index contributed by atoms with van der Waals surface area (Å²) in [6.45, 7) is 2.63. The van der Waals surface area contributed by atoms with Crippen LogP contribution in [-0.2, 0) is 9.53 Å². The number of amides is 1. The number of aromatic nitrogens is 1. The van der Waals surface area contributed by atoms with E-state index >= 15 is 0 Å². The van der Waals surface area contributed by atoms with Crippen molar-refractivity contribution in [2.24, 2.45) is 0 Å². The number of thioether (sulfide) groups is 1. The highest BCUT2D eigenvalue weighted by Gasteiger charge is 2.44. The highest BCUT2D eigenvalue weighted by molar-refractivity contribution is 8.01. The lowest BCUT2D eigenvalue weighted by Gasteiger charge is -2.29. The lowest BCUT2D eigenvalue weighted by atomic mass is 10.1. The molecule has 4 rings (SSSR count). The van der Waals surface area contributed by atoms with Gasteiger partial charge in [0.15, 0.2) is 0 Å². The van der Waals surface area contributed by atoms with Crippen LogP contribution >= 0.6 is 23.4 Å². The molecule has 5 nitrogen and oxygen atoms in total. The molecule has 2 fully saturated rings. The van der Waals surface area contributed by atoms with E-state index in [1.807, 2.05) is 36.1 Å². The summed E-state index contributed by atoms with van der Waals surface area (Å²) in [6.07, 6.45) is 1.67. The van der Waals surface area contributed by atoms with Gasteiger partial charge in [0.25, 0.3) is 0 Å². The predicted octanol–water partition coefficient (Wildman–Crippen LogP) is 4.00. The monoisotopic (exact) mass is 378 g/mol. The van der Waals surface area contributed by atoms with Crippen LogP contribution in [0.15, 0.2) is 24.3 Å². The van der Waals surface area contributed by atoms with Gasteiger partial charge in [0.1, 0.15) is 22.5 Å². The molecule has 0 bridgehead atoms. The quantitative estimate of drug-likeness (QED) is 0.756. The number of nitrogens with zero attached hydrogens (tertiary/aromatic N) is 2. The molecule has 0 aliphatic carbocycles. The minimum Gasteiger partial charge on any atom is -0.497 e. The van der Waals surface area contributed by atoms with Crippen molar-refractivity contribution in [3.8, 4) is 5.75 Å². The van der Waals surface area contributed by atoms with Crippen molar-refractivity contribution in [2.45, 2.75) is 36.6 Å². The molecule has 1 amide bonds. The molecule has 0 saturated carbocycles. The molecule has 0 spiro atoms. The first-order valence-electron chi connectivity index (χ1n) is 8.32. The molecule has 0 unspecified atom stereocenters. The number of ether oxygens (including phenoxy) is 2. The number of pyridine rings is 1. The highest BCUT2D eigenvalue weighted by Crippen LogP contribution is 2.47. The number of methoxy groups -OCH3 is 1. The topological polar surface area (TPSA) is 51.7 Å². The molecular formula is C18H19ClN2O3S. The van der Waals surface area contributed by atoms with E-state index in [4.69, 9.17) is 21.1 Å². The van der Waals surface area contributed by atoms with Crippen molar-refractivity contribution in [3.05, 3.63) is 35.0 Å². The fraction of sp³-hybridized carbons (Fsp3) is 0.444. The van der Waals surface area contributed by atoms with Crippen LogP contribution in [0.4, 0.5) is 0 Å². The van der Waals surface area contributed by atoms with E-state index in [0.717, 1.165) is 35.1 Å². The van der Waals surface area contributed by atoms with E-state index < -0.39 is 0 Å². The second-order valence-corrected chi connectivity index (χ2v) is 8.05. The Morgan fingerprint density at radius 1 is 1.40 bits per heavy atom. The Bertz CT molecular complexity index is 825. The number of benzene rings is 1. The van der Waals surface area contributed by atoms with E-state index in [0.29, 0.717) is 11.8 Å². The van der Waals surface area contributed by atoms with Crippen LogP contribution in [0.2, 0.25) is 5.15 Å². The zero-order valence-corrected chi connectivity index (χ0v) is 15.6. The van der Waals surface area contributed by atoms with Gasteiger partial charge in [-0.1, -0.05) is 11.6 Å². The number of carbonyl (C=O) groups is 1. The van der Waals surface area contributed by atoms with Crippen molar-refractivity contribution in [2.75, 3.05) is 13.7 Å². The third kappa shape index (κ3) is 2.96. The lowest BCUT2D eigenvalue weighted by Crippen LogP contribution is -2.39. The van der Waals surface area contributed by atoms with Crippen LogP contribution in [0.25, 0.3) is 10.9 Å². The lowest BCUT2D eigenvalue weighted by molar-refractivity contribution is -0.141. The zero-order valence-electron chi connectivity index (χ0n) is 14.1. The Morgan fingerprint density at radius 3 is 2.96 bits per heavy atom. The summed E-state index contributed by atoms with van der Waals surface area (Å²) in [5.41, 5.74) is 1.64. The molecule has 3 atom stereocenters. The average molecular weight is 379 g/mol. The Hall–Kier alpha value is -1.50. The van der Waals surface area contributed by atoms with Crippen molar-refractivity contribution in [1.82, 2.24) is 9.88 Å². The van der Waals surface area contributed by atoms with Gasteiger partial charge in [-0.3, -0.25) is 9.69 Å². The Labute approximate surface area is 155 Å². The molecule has 1 aromatic heterocycles. The van der Waals surface area contributed by atoms with Gasteiger partial charge in [-0.05, 0) is 38.0 Å². The van der Waals surface area contributed by atoms with Gasteiger partial charge in [-0.2, -0.15) is 0 Å². The van der Waals surface area contributed by atoms with Crippen molar-refractivity contribution in [3.63, 3.8) is 0 Å². The third-order valence-electron chi connectivity index (χ3n) is 4.68. The first-order valence-corrected chi connectivity index (χ1v) is 9.64. The van der Waals surface area contributed by atoms with Gasteiger partial charge in [0.05, 0.1) is 17.9 Å². The van der Waals surface area contributed by atoms with Gasteiger partial charge in [0, 0.05) is 23.6 Å². The minimum absolute atomic E-state index is 0.104. The third-order valence-corrected chi connectivity index (χ3v) is 6.33. The maximum absolute atomic E-state index is 12.7. The summed E-state index contributed by atoms with van der Waals surface area (Å²) in [5, 5.41) is 1.11. The normalized spacial score (nSPS) is 26.6. The maximum atomic E-state index is 12.7. The molecule has 0 radical (unpaired) electrons. The van der Waals surface area contributed by atoms with Crippen LogP contribution in [0.1, 0.15) is 30.7 Å². The molecule has 3 heterocycles. The van der Waals surface area contributed by atoms with Crippen LogP contribution < -0.4 is 4.74 Å². The number of rotatable bonds is 3. The molecule has 2 saturated heterocycles. The van der Waals surface area contributed by atoms with Gasteiger partial charge in [-0.25, -0.2) is 4.98 Å². The largest absolute Gasteiger partial charge is 0.497 e. The van der Waals surface area contributed by atoms with Crippen LogP contribution in [0.5, 0.6) is 5.75 Å². The summed E-state index contributed by atoms with van der Waals surface area (Å²) < 4.78 is 11.0. The summed E-state index contributed by atoms with van der Waals surface area (Å²) in [7, 11) is 1.62. The zero-order chi connectivity index (χ0) is 17.6. The SMILES string of the molecule is COc1ccc2cc([C@@H]3S[C@@H](C)C(=O)N3[C@H]3CCCO3)c(Cl)nc2c1. The number of hydrogen-bond donors (Lipinski definition) is 0. The highest BCUT2D eigenvalue weighted by atomic mass is 35.5. The number of hydrogen-bond acceptors (Lipinski definition) is 5. The number of halogens is 1. The summed E-state index contributed by atoms with van der Waals surface area (Å²) in [5.74, 6) is 0.844. The van der Waals surface area contributed by atoms with E-state index in [1.54, 1.807) is 18.9 Å². The molecule has 0 N–H and O–H groups in total. The number of carbonyl (C=O) groups excluding carboxylic acids is 1.